The molecule has 0 saturated carbocycles. The number of rotatable bonds is 6. The van der Waals surface area contributed by atoms with Gasteiger partial charge >= 0.3 is 0 Å². The lowest BCUT2D eigenvalue weighted by molar-refractivity contribution is -0.123. The fraction of sp³-hybridized carbons (Fsp3) is 0.357. The largest absolute Gasteiger partial charge is 0.484 e. The van der Waals surface area contributed by atoms with Crippen LogP contribution in [0.15, 0.2) is 28.7 Å². The highest BCUT2D eigenvalue weighted by molar-refractivity contribution is 6.30. The van der Waals surface area contributed by atoms with E-state index in [0.717, 1.165) is 0 Å². The molecule has 0 fully saturated rings. The van der Waals surface area contributed by atoms with Crippen molar-refractivity contribution in [2.45, 2.75) is 26.3 Å². The number of nitrogens with zero attached hydrogens (tertiary/aromatic N) is 2. The van der Waals surface area contributed by atoms with Gasteiger partial charge in [-0.2, -0.15) is 0 Å². The molecule has 2 rings (SSSR count). The molecule has 0 unspecified atom stereocenters. The Hall–Kier alpha value is -2.08. The number of hydrogen-bond acceptors (Lipinski definition) is 5. The zero-order chi connectivity index (χ0) is 15.2. The van der Waals surface area contributed by atoms with Crippen LogP contribution in [-0.4, -0.2) is 22.7 Å². The molecule has 21 heavy (non-hydrogen) atoms. The van der Waals surface area contributed by atoms with Crippen molar-refractivity contribution >= 4 is 17.5 Å². The molecule has 0 saturated heterocycles. The van der Waals surface area contributed by atoms with Gasteiger partial charge in [0.1, 0.15) is 5.75 Å². The van der Waals surface area contributed by atoms with Crippen LogP contribution in [0.3, 0.4) is 0 Å². The van der Waals surface area contributed by atoms with E-state index in [1.807, 2.05) is 13.8 Å². The van der Waals surface area contributed by atoms with Crippen LogP contribution in [-0.2, 0) is 11.3 Å². The second kappa shape index (κ2) is 7.08. The Morgan fingerprint density at radius 3 is 2.67 bits per heavy atom. The molecule has 1 aromatic heterocycles. The first-order valence-electron chi connectivity index (χ1n) is 6.52. The van der Waals surface area contributed by atoms with Crippen molar-refractivity contribution in [1.82, 2.24) is 15.5 Å². The monoisotopic (exact) mass is 309 g/mol. The molecule has 0 aliphatic heterocycles. The van der Waals surface area contributed by atoms with E-state index in [0.29, 0.717) is 22.6 Å². The molecular formula is C14H16ClN3O3. The SMILES string of the molecule is CC(C)c1nnc(CNC(=O)COc2ccc(Cl)cc2)o1. The highest BCUT2D eigenvalue weighted by Crippen LogP contribution is 2.15. The first kappa shape index (κ1) is 15.3. The van der Waals surface area contributed by atoms with Gasteiger partial charge in [0, 0.05) is 10.9 Å². The first-order valence-corrected chi connectivity index (χ1v) is 6.89. The summed E-state index contributed by atoms with van der Waals surface area (Å²) in [5.74, 6) is 1.40. The van der Waals surface area contributed by atoms with Crippen LogP contribution in [0.5, 0.6) is 5.75 Å². The van der Waals surface area contributed by atoms with Crippen molar-refractivity contribution in [3.05, 3.63) is 41.1 Å². The number of carbonyl (C=O) groups excluding carboxylic acids is 1. The molecule has 7 heteroatoms. The lowest BCUT2D eigenvalue weighted by Gasteiger charge is -2.06. The minimum absolute atomic E-state index is 0.0905. The number of amides is 1. The summed E-state index contributed by atoms with van der Waals surface area (Å²) in [4.78, 5) is 11.6. The minimum Gasteiger partial charge on any atom is -0.484 e. The zero-order valence-corrected chi connectivity index (χ0v) is 12.6. The molecule has 0 bridgehead atoms. The first-order chi connectivity index (χ1) is 10.0. The maximum atomic E-state index is 11.6. The van der Waals surface area contributed by atoms with E-state index in [4.69, 9.17) is 20.8 Å². The average Bonchev–Trinajstić information content (AvgIpc) is 2.93. The molecule has 112 valence electrons. The third-order valence-corrected chi connectivity index (χ3v) is 2.85. The summed E-state index contributed by atoms with van der Waals surface area (Å²) >= 11 is 5.76. The average molecular weight is 310 g/mol. The van der Waals surface area contributed by atoms with E-state index in [2.05, 4.69) is 15.5 Å². The highest BCUT2D eigenvalue weighted by Gasteiger charge is 2.10. The van der Waals surface area contributed by atoms with E-state index in [-0.39, 0.29) is 25.0 Å². The van der Waals surface area contributed by atoms with Gasteiger partial charge in [-0.05, 0) is 24.3 Å². The molecule has 0 spiro atoms. The summed E-state index contributed by atoms with van der Waals surface area (Å²) in [5, 5.41) is 11.0. The molecule has 1 amide bonds. The topological polar surface area (TPSA) is 77.2 Å². The predicted octanol–water partition coefficient (Wildman–Crippen LogP) is 2.54. The molecule has 6 nitrogen and oxygen atoms in total. The Balaban J connectivity index is 1.75. The maximum absolute atomic E-state index is 11.6. The van der Waals surface area contributed by atoms with Crippen LogP contribution in [0.2, 0.25) is 5.02 Å². The quantitative estimate of drug-likeness (QED) is 0.887. The Morgan fingerprint density at radius 2 is 2.05 bits per heavy atom. The molecule has 0 atom stereocenters. The second-order valence-electron chi connectivity index (χ2n) is 4.71. The summed E-state index contributed by atoms with van der Waals surface area (Å²) in [6, 6.07) is 6.78. The van der Waals surface area contributed by atoms with E-state index in [1.54, 1.807) is 24.3 Å². The van der Waals surface area contributed by atoms with E-state index in [9.17, 15) is 4.79 Å². The van der Waals surface area contributed by atoms with Gasteiger partial charge in [0.15, 0.2) is 6.61 Å². The molecule has 0 radical (unpaired) electrons. The highest BCUT2D eigenvalue weighted by atomic mass is 35.5. The van der Waals surface area contributed by atoms with Crippen LogP contribution in [0.4, 0.5) is 0 Å². The zero-order valence-electron chi connectivity index (χ0n) is 11.8. The predicted molar refractivity (Wildman–Crippen MR) is 77.2 cm³/mol. The van der Waals surface area contributed by atoms with E-state index < -0.39 is 0 Å². The van der Waals surface area contributed by atoms with Crippen molar-refractivity contribution in [2.24, 2.45) is 0 Å². The van der Waals surface area contributed by atoms with Gasteiger partial charge in [0.05, 0.1) is 6.54 Å². The Morgan fingerprint density at radius 1 is 1.33 bits per heavy atom. The third-order valence-electron chi connectivity index (χ3n) is 2.60. The van der Waals surface area contributed by atoms with Crippen LogP contribution < -0.4 is 10.1 Å². The van der Waals surface area contributed by atoms with Gasteiger partial charge in [-0.25, -0.2) is 0 Å². The lowest BCUT2D eigenvalue weighted by Crippen LogP contribution is -2.28. The summed E-state index contributed by atoms with van der Waals surface area (Å²) in [7, 11) is 0. The molecule has 1 aromatic carbocycles. The van der Waals surface area contributed by atoms with Gasteiger partial charge in [-0.15, -0.1) is 10.2 Å². The fourth-order valence-corrected chi connectivity index (χ4v) is 1.60. The maximum Gasteiger partial charge on any atom is 0.258 e. The minimum atomic E-state index is -0.269. The van der Waals surface area contributed by atoms with Crippen molar-refractivity contribution in [2.75, 3.05) is 6.61 Å². The van der Waals surface area contributed by atoms with Crippen molar-refractivity contribution in [3.8, 4) is 5.75 Å². The normalized spacial score (nSPS) is 10.7. The Labute approximate surface area is 127 Å². The van der Waals surface area contributed by atoms with E-state index >= 15 is 0 Å². The van der Waals surface area contributed by atoms with Gasteiger partial charge in [-0.1, -0.05) is 25.4 Å². The van der Waals surface area contributed by atoms with Crippen LogP contribution in [0, 0.1) is 0 Å². The second-order valence-corrected chi connectivity index (χ2v) is 5.14. The third kappa shape index (κ3) is 4.75. The van der Waals surface area contributed by atoms with E-state index in [1.165, 1.54) is 0 Å². The Bertz CT molecular complexity index is 596. The molecule has 0 aliphatic carbocycles. The van der Waals surface area contributed by atoms with Crippen molar-refractivity contribution in [1.29, 1.82) is 0 Å². The summed E-state index contributed by atoms with van der Waals surface area (Å²) in [6.07, 6.45) is 0. The molecule has 0 aliphatic rings. The lowest BCUT2D eigenvalue weighted by atomic mass is 10.2. The smallest absolute Gasteiger partial charge is 0.258 e. The Kier molecular flexibility index (Phi) is 5.16. The van der Waals surface area contributed by atoms with Crippen molar-refractivity contribution < 1.29 is 13.9 Å². The summed E-state index contributed by atoms with van der Waals surface area (Å²) < 4.78 is 10.7. The summed E-state index contributed by atoms with van der Waals surface area (Å²) in [6.45, 7) is 4.00. The molecule has 1 N–H and O–H groups in total. The van der Waals surface area contributed by atoms with Crippen LogP contribution >= 0.6 is 11.6 Å². The number of hydrogen-bond donors (Lipinski definition) is 1. The summed E-state index contributed by atoms with van der Waals surface area (Å²) in [5.41, 5.74) is 0. The number of nitrogens with one attached hydrogen (secondary N) is 1. The number of ether oxygens (including phenoxy) is 1. The number of halogens is 1. The van der Waals surface area contributed by atoms with Crippen molar-refractivity contribution in [3.63, 3.8) is 0 Å². The van der Waals surface area contributed by atoms with Gasteiger partial charge in [0.25, 0.3) is 5.91 Å². The molecule has 1 heterocycles. The number of benzene rings is 1. The van der Waals surface area contributed by atoms with Crippen LogP contribution in [0.25, 0.3) is 0 Å². The van der Waals surface area contributed by atoms with Crippen LogP contribution in [0.1, 0.15) is 31.5 Å². The molecule has 2 aromatic rings. The molecular weight excluding hydrogens is 294 g/mol. The number of carbonyl (C=O) groups is 1. The van der Waals surface area contributed by atoms with Gasteiger partial charge < -0.3 is 14.5 Å². The fourth-order valence-electron chi connectivity index (χ4n) is 1.48. The van der Waals surface area contributed by atoms with Gasteiger partial charge in [-0.3, -0.25) is 4.79 Å². The standard InChI is InChI=1S/C14H16ClN3O3/c1-9(2)14-18-17-13(21-14)7-16-12(19)8-20-11-5-3-10(15)4-6-11/h3-6,9H,7-8H2,1-2H3,(H,16,19). The number of aromatic nitrogens is 2. The van der Waals surface area contributed by atoms with Gasteiger partial charge in [0.2, 0.25) is 11.8 Å².